The Morgan fingerprint density at radius 3 is 2.52 bits per heavy atom. The maximum absolute atomic E-state index is 13.3. The van der Waals surface area contributed by atoms with Crippen LogP contribution in [0.1, 0.15) is 17.5 Å². The van der Waals surface area contributed by atoms with Crippen LogP contribution in [0.2, 0.25) is 0 Å². The molecule has 2 heterocycles. The van der Waals surface area contributed by atoms with E-state index in [-0.39, 0.29) is 37.3 Å². The Labute approximate surface area is 172 Å². The van der Waals surface area contributed by atoms with Crippen molar-refractivity contribution in [2.75, 3.05) is 11.9 Å². The summed E-state index contributed by atoms with van der Waals surface area (Å²) in [6, 6.07) is 3.23. The number of carbonyl (C=O) groups excluding carboxylic acids is 1. The summed E-state index contributed by atoms with van der Waals surface area (Å²) in [7, 11) is 0. The number of amides is 1. The topological polar surface area (TPSA) is 92.8 Å². The lowest BCUT2D eigenvalue weighted by molar-refractivity contribution is -0.127. The van der Waals surface area contributed by atoms with Crippen LogP contribution < -0.4 is 5.32 Å². The van der Waals surface area contributed by atoms with Gasteiger partial charge in [0.1, 0.15) is 0 Å². The van der Waals surface area contributed by atoms with Crippen LogP contribution in [-0.2, 0) is 22.4 Å². The standard InChI is InChI=1S/C19H16F5N5O2/c20-13-7-10(8-14(21)16(13)22)1-2-15(30)27-18-12(4-6-31-19(23)24)17(28-29-18)11-3-5-25-26-9-11/h3,5,7-9,19H,1-2,4,6H2,(H2,27,28,29,30). The largest absolute Gasteiger partial charge is 0.345 e. The highest BCUT2D eigenvalue weighted by atomic mass is 19.3. The average Bonchev–Trinajstić information content (AvgIpc) is 3.13. The number of aryl methyl sites for hydroxylation is 1. The average molecular weight is 441 g/mol. The van der Waals surface area contributed by atoms with E-state index in [4.69, 9.17) is 0 Å². The second-order valence-corrected chi connectivity index (χ2v) is 6.36. The van der Waals surface area contributed by atoms with E-state index in [1.54, 1.807) is 6.07 Å². The third-order valence-electron chi connectivity index (χ3n) is 4.28. The van der Waals surface area contributed by atoms with E-state index >= 15 is 0 Å². The van der Waals surface area contributed by atoms with Gasteiger partial charge in [-0.25, -0.2) is 13.2 Å². The molecule has 0 radical (unpaired) electrons. The van der Waals surface area contributed by atoms with Crippen LogP contribution in [0.25, 0.3) is 11.3 Å². The molecule has 0 aliphatic carbocycles. The zero-order valence-corrected chi connectivity index (χ0v) is 15.8. The van der Waals surface area contributed by atoms with Crippen LogP contribution in [0.4, 0.5) is 27.8 Å². The van der Waals surface area contributed by atoms with Gasteiger partial charge < -0.3 is 10.1 Å². The van der Waals surface area contributed by atoms with Gasteiger partial charge in [0.05, 0.1) is 24.7 Å². The number of ether oxygens (including phenoxy) is 1. The maximum atomic E-state index is 13.3. The quantitative estimate of drug-likeness (QED) is 0.391. The number of alkyl halides is 2. The zero-order chi connectivity index (χ0) is 22.4. The second-order valence-electron chi connectivity index (χ2n) is 6.36. The highest BCUT2D eigenvalue weighted by Gasteiger charge is 2.18. The number of aromatic amines is 1. The molecule has 0 spiro atoms. The molecule has 31 heavy (non-hydrogen) atoms. The molecule has 0 unspecified atom stereocenters. The maximum Gasteiger partial charge on any atom is 0.345 e. The Balaban J connectivity index is 1.72. The van der Waals surface area contributed by atoms with E-state index in [0.29, 0.717) is 16.8 Å². The number of rotatable bonds is 9. The molecule has 164 valence electrons. The van der Waals surface area contributed by atoms with Crippen molar-refractivity contribution in [1.29, 1.82) is 0 Å². The number of benzene rings is 1. The predicted octanol–water partition coefficient (Wildman–Crippen LogP) is 3.64. The number of nitrogens with zero attached hydrogens (tertiary/aromatic N) is 3. The van der Waals surface area contributed by atoms with Gasteiger partial charge in [0.15, 0.2) is 23.3 Å². The number of anilines is 1. The van der Waals surface area contributed by atoms with E-state index in [0.717, 1.165) is 12.1 Å². The minimum Gasteiger partial charge on any atom is -0.323 e. The molecule has 0 saturated heterocycles. The van der Waals surface area contributed by atoms with Gasteiger partial charge in [0.25, 0.3) is 0 Å². The zero-order valence-electron chi connectivity index (χ0n) is 15.8. The molecule has 3 rings (SSSR count). The van der Waals surface area contributed by atoms with Crippen LogP contribution in [-0.4, -0.2) is 39.5 Å². The summed E-state index contributed by atoms with van der Waals surface area (Å²) in [6.07, 6.45) is 2.61. The highest BCUT2D eigenvalue weighted by molar-refractivity contribution is 5.91. The number of hydrogen-bond donors (Lipinski definition) is 2. The van der Waals surface area contributed by atoms with E-state index in [1.807, 2.05) is 0 Å². The lowest BCUT2D eigenvalue weighted by Crippen LogP contribution is -2.15. The summed E-state index contributed by atoms with van der Waals surface area (Å²) in [5.41, 5.74) is 1.50. The van der Waals surface area contributed by atoms with Gasteiger partial charge in [-0.2, -0.15) is 24.1 Å². The molecule has 7 nitrogen and oxygen atoms in total. The van der Waals surface area contributed by atoms with Crippen molar-refractivity contribution in [2.24, 2.45) is 0 Å². The van der Waals surface area contributed by atoms with Gasteiger partial charge in [-0.3, -0.25) is 9.89 Å². The summed E-state index contributed by atoms with van der Waals surface area (Å²) in [5, 5.41) is 16.6. The predicted molar refractivity (Wildman–Crippen MR) is 98.5 cm³/mol. The Morgan fingerprint density at radius 1 is 1.13 bits per heavy atom. The van der Waals surface area contributed by atoms with E-state index in [2.05, 4.69) is 30.4 Å². The first kappa shape index (κ1) is 22.3. The molecule has 2 aromatic heterocycles. The fourth-order valence-corrected chi connectivity index (χ4v) is 2.84. The summed E-state index contributed by atoms with van der Waals surface area (Å²) >= 11 is 0. The smallest absolute Gasteiger partial charge is 0.323 e. The van der Waals surface area contributed by atoms with E-state index in [9.17, 15) is 26.7 Å². The molecule has 1 amide bonds. The number of nitrogens with one attached hydrogen (secondary N) is 2. The number of H-pyrrole nitrogens is 1. The molecule has 3 aromatic rings. The molecular formula is C19H16F5N5O2. The SMILES string of the molecule is O=C(CCc1cc(F)c(F)c(F)c1)Nc1n[nH]c(-c2ccnnc2)c1CCOC(F)F. The third kappa shape index (κ3) is 5.81. The lowest BCUT2D eigenvalue weighted by atomic mass is 10.1. The van der Waals surface area contributed by atoms with Crippen LogP contribution in [0, 0.1) is 17.5 Å². The fourth-order valence-electron chi connectivity index (χ4n) is 2.84. The number of carbonyl (C=O) groups is 1. The molecule has 0 fully saturated rings. The monoisotopic (exact) mass is 441 g/mol. The van der Waals surface area contributed by atoms with Crippen molar-refractivity contribution in [3.8, 4) is 11.3 Å². The Morgan fingerprint density at radius 2 is 1.87 bits per heavy atom. The van der Waals surface area contributed by atoms with Gasteiger partial charge in [0, 0.05) is 24.0 Å². The Bertz CT molecular complexity index is 1020. The van der Waals surface area contributed by atoms with E-state index in [1.165, 1.54) is 12.4 Å². The normalized spacial score (nSPS) is 11.2. The van der Waals surface area contributed by atoms with Crippen LogP contribution in [0.15, 0.2) is 30.6 Å². The second kappa shape index (κ2) is 10.1. The first-order valence-electron chi connectivity index (χ1n) is 9.02. The first-order valence-corrected chi connectivity index (χ1v) is 9.02. The van der Waals surface area contributed by atoms with Crippen molar-refractivity contribution in [2.45, 2.75) is 25.9 Å². The minimum atomic E-state index is -2.95. The number of aromatic nitrogens is 4. The molecule has 2 N–H and O–H groups in total. The highest BCUT2D eigenvalue weighted by Crippen LogP contribution is 2.27. The summed E-state index contributed by atoms with van der Waals surface area (Å²) in [5.74, 6) is -4.74. The Hall–Kier alpha value is -3.41. The fraction of sp³-hybridized carbons (Fsp3) is 0.263. The minimum absolute atomic E-state index is 0.00247. The molecule has 0 atom stereocenters. The molecule has 0 bridgehead atoms. The van der Waals surface area contributed by atoms with Gasteiger partial charge in [-0.1, -0.05) is 0 Å². The van der Waals surface area contributed by atoms with Crippen molar-refractivity contribution >= 4 is 11.7 Å². The number of hydrogen-bond acceptors (Lipinski definition) is 5. The van der Waals surface area contributed by atoms with Gasteiger partial charge in [0.2, 0.25) is 5.91 Å². The van der Waals surface area contributed by atoms with Gasteiger partial charge in [-0.15, -0.1) is 0 Å². The van der Waals surface area contributed by atoms with Crippen molar-refractivity contribution in [1.82, 2.24) is 20.4 Å². The molecule has 12 heteroatoms. The molecule has 0 saturated carbocycles. The first-order chi connectivity index (χ1) is 14.8. The van der Waals surface area contributed by atoms with Crippen LogP contribution >= 0.6 is 0 Å². The Kier molecular flexibility index (Phi) is 7.23. The van der Waals surface area contributed by atoms with Gasteiger partial charge in [-0.05, 0) is 30.2 Å². The number of halogens is 5. The molecule has 0 aliphatic rings. The van der Waals surface area contributed by atoms with Crippen LogP contribution in [0.3, 0.4) is 0 Å². The van der Waals surface area contributed by atoms with Crippen molar-refractivity contribution in [3.05, 3.63) is 59.2 Å². The summed E-state index contributed by atoms with van der Waals surface area (Å²) in [6.45, 7) is -3.29. The van der Waals surface area contributed by atoms with Crippen LogP contribution in [0.5, 0.6) is 0 Å². The van der Waals surface area contributed by atoms with Gasteiger partial charge >= 0.3 is 6.61 Å². The molecular weight excluding hydrogens is 425 g/mol. The summed E-state index contributed by atoms with van der Waals surface area (Å²) in [4.78, 5) is 12.3. The molecule has 1 aromatic carbocycles. The molecule has 0 aliphatic heterocycles. The van der Waals surface area contributed by atoms with E-state index < -0.39 is 30.0 Å². The van der Waals surface area contributed by atoms with Crippen molar-refractivity contribution in [3.63, 3.8) is 0 Å². The third-order valence-corrected chi connectivity index (χ3v) is 4.28. The van der Waals surface area contributed by atoms with Crippen molar-refractivity contribution < 1.29 is 31.5 Å². The summed E-state index contributed by atoms with van der Waals surface area (Å²) < 4.78 is 68.6. The lowest BCUT2D eigenvalue weighted by Gasteiger charge is -2.08.